The van der Waals surface area contributed by atoms with E-state index in [1.165, 1.54) is 32.8 Å². The van der Waals surface area contributed by atoms with E-state index in [1.54, 1.807) is 0 Å². The van der Waals surface area contributed by atoms with Crippen molar-refractivity contribution in [1.82, 2.24) is 5.32 Å². The van der Waals surface area contributed by atoms with Crippen LogP contribution in [0.3, 0.4) is 0 Å². The van der Waals surface area contributed by atoms with Gasteiger partial charge < -0.3 is 15.8 Å². The summed E-state index contributed by atoms with van der Waals surface area (Å²) < 4.78 is 4.99. The number of carbonyl (C=O) groups excluding carboxylic acids is 1. The first kappa shape index (κ1) is 12.5. The van der Waals surface area contributed by atoms with Crippen LogP contribution in [-0.4, -0.2) is 31.7 Å². The summed E-state index contributed by atoms with van der Waals surface area (Å²) in [5, 5.41) is 2.98. The molecule has 1 rings (SSSR count). The van der Waals surface area contributed by atoms with Crippen LogP contribution in [0.4, 0.5) is 0 Å². The fraction of sp³-hybridized carbons (Fsp3) is 0.909. The molecule has 0 heterocycles. The third-order valence-electron chi connectivity index (χ3n) is 3.27. The van der Waals surface area contributed by atoms with Crippen molar-refractivity contribution >= 4 is 5.91 Å². The summed E-state index contributed by atoms with van der Waals surface area (Å²) in [5.41, 5.74) is 5.43. The molecule has 0 aliphatic heterocycles. The minimum absolute atomic E-state index is 0.0839. The fourth-order valence-corrected chi connectivity index (χ4v) is 2.20. The van der Waals surface area contributed by atoms with Crippen molar-refractivity contribution in [3.63, 3.8) is 0 Å². The van der Waals surface area contributed by atoms with Crippen LogP contribution in [0.15, 0.2) is 0 Å². The van der Waals surface area contributed by atoms with Crippen molar-refractivity contribution in [1.29, 1.82) is 0 Å². The van der Waals surface area contributed by atoms with Gasteiger partial charge in [0.2, 0.25) is 0 Å². The van der Waals surface area contributed by atoms with Crippen LogP contribution >= 0.6 is 0 Å². The van der Waals surface area contributed by atoms with E-state index in [4.69, 9.17) is 10.5 Å². The van der Waals surface area contributed by atoms with Gasteiger partial charge in [-0.3, -0.25) is 4.79 Å². The van der Waals surface area contributed by atoms with Crippen LogP contribution in [0, 0.1) is 5.92 Å². The highest BCUT2D eigenvalue weighted by molar-refractivity contribution is 5.81. The maximum atomic E-state index is 11.7. The Labute approximate surface area is 91.5 Å². The van der Waals surface area contributed by atoms with Gasteiger partial charge in [-0.2, -0.15) is 0 Å². The lowest BCUT2D eigenvalue weighted by Gasteiger charge is -2.22. The molecule has 15 heavy (non-hydrogen) atoms. The Morgan fingerprint density at radius 3 is 2.60 bits per heavy atom. The van der Waals surface area contributed by atoms with E-state index in [0.717, 1.165) is 0 Å². The van der Waals surface area contributed by atoms with E-state index in [2.05, 4.69) is 12.2 Å². The average Bonchev–Trinajstić information content (AvgIpc) is 2.72. The molecule has 0 aromatic carbocycles. The molecule has 3 N–H and O–H groups in total. The summed E-state index contributed by atoms with van der Waals surface area (Å²) >= 11 is 0. The highest BCUT2D eigenvalue weighted by Gasteiger charge is 2.25. The van der Waals surface area contributed by atoms with Gasteiger partial charge >= 0.3 is 0 Å². The number of rotatable bonds is 5. The molecule has 0 aromatic heterocycles. The van der Waals surface area contributed by atoms with E-state index in [-0.39, 0.29) is 18.5 Å². The maximum Gasteiger partial charge on any atom is 0.250 e. The third kappa shape index (κ3) is 3.47. The molecule has 4 heteroatoms. The molecular formula is C11H22N2O2. The van der Waals surface area contributed by atoms with Gasteiger partial charge in [0, 0.05) is 19.7 Å². The molecule has 0 saturated heterocycles. The molecule has 1 unspecified atom stereocenters. The Bertz CT molecular complexity index is 199. The second kappa shape index (κ2) is 6.08. The van der Waals surface area contributed by atoms with Crippen molar-refractivity contribution in [3.05, 3.63) is 0 Å². The van der Waals surface area contributed by atoms with Gasteiger partial charge in [0.25, 0.3) is 5.91 Å². The standard InChI is InChI=1S/C11H22N2O2/c1-8(9-5-3-4-6-9)13-11(14)10(7-12)15-2/h8-10H,3-7,12H2,1-2H3,(H,13,14)/t8-,10?/m0/s1. The fourth-order valence-electron chi connectivity index (χ4n) is 2.20. The highest BCUT2D eigenvalue weighted by Crippen LogP contribution is 2.27. The van der Waals surface area contributed by atoms with Crippen LogP contribution < -0.4 is 11.1 Å². The molecule has 88 valence electrons. The average molecular weight is 214 g/mol. The SMILES string of the molecule is COC(CN)C(=O)N[C@@H](C)C1CCCC1. The lowest BCUT2D eigenvalue weighted by Crippen LogP contribution is -2.46. The molecule has 1 fully saturated rings. The smallest absolute Gasteiger partial charge is 0.250 e. The van der Waals surface area contributed by atoms with Gasteiger partial charge in [0.05, 0.1) is 0 Å². The normalized spacial score (nSPS) is 21.3. The topological polar surface area (TPSA) is 64.3 Å². The highest BCUT2D eigenvalue weighted by atomic mass is 16.5. The molecule has 1 saturated carbocycles. The quantitative estimate of drug-likeness (QED) is 0.706. The molecule has 4 nitrogen and oxygen atoms in total. The van der Waals surface area contributed by atoms with Crippen LogP contribution in [0.1, 0.15) is 32.6 Å². The largest absolute Gasteiger partial charge is 0.370 e. The number of hydrogen-bond acceptors (Lipinski definition) is 3. The first-order valence-corrected chi connectivity index (χ1v) is 5.72. The van der Waals surface area contributed by atoms with Crippen LogP contribution in [0.5, 0.6) is 0 Å². The minimum atomic E-state index is -0.506. The zero-order valence-electron chi connectivity index (χ0n) is 9.66. The number of methoxy groups -OCH3 is 1. The second-order valence-corrected chi connectivity index (χ2v) is 4.30. The number of nitrogens with one attached hydrogen (secondary N) is 1. The third-order valence-corrected chi connectivity index (χ3v) is 3.27. The number of carbonyl (C=O) groups is 1. The second-order valence-electron chi connectivity index (χ2n) is 4.30. The van der Waals surface area contributed by atoms with E-state index >= 15 is 0 Å². The summed E-state index contributed by atoms with van der Waals surface area (Å²) in [6, 6.07) is 0.240. The molecule has 0 radical (unpaired) electrons. The van der Waals surface area contributed by atoms with Crippen molar-refractivity contribution in [2.45, 2.75) is 44.8 Å². The molecule has 2 atom stereocenters. The summed E-state index contributed by atoms with van der Waals surface area (Å²) in [7, 11) is 1.51. The zero-order valence-corrected chi connectivity index (χ0v) is 9.66. The van der Waals surface area contributed by atoms with Crippen molar-refractivity contribution in [3.8, 4) is 0 Å². The van der Waals surface area contributed by atoms with Crippen molar-refractivity contribution in [2.75, 3.05) is 13.7 Å². The number of ether oxygens (including phenoxy) is 1. The first-order chi connectivity index (χ1) is 7.19. The summed E-state index contributed by atoms with van der Waals surface area (Å²) in [6.45, 7) is 2.30. The van der Waals surface area contributed by atoms with E-state index in [0.29, 0.717) is 5.92 Å². The van der Waals surface area contributed by atoms with Crippen LogP contribution in [-0.2, 0) is 9.53 Å². The van der Waals surface area contributed by atoms with Crippen LogP contribution in [0.2, 0.25) is 0 Å². The van der Waals surface area contributed by atoms with Gasteiger partial charge in [-0.25, -0.2) is 0 Å². The van der Waals surface area contributed by atoms with Crippen molar-refractivity contribution in [2.24, 2.45) is 11.7 Å². The van der Waals surface area contributed by atoms with Gasteiger partial charge in [-0.1, -0.05) is 12.8 Å². The van der Waals surface area contributed by atoms with Gasteiger partial charge in [0.1, 0.15) is 6.10 Å². The Balaban J connectivity index is 2.35. The summed E-state index contributed by atoms with van der Waals surface area (Å²) in [4.78, 5) is 11.7. The Morgan fingerprint density at radius 2 is 2.13 bits per heavy atom. The predicted octanol–water partition coefficient (Wildman–Crippen LogP) is 0.655. The van der Waals surface area contributed by atoms with Gasteiger partial charge in [-0.05, 0) is 25.7 Å². The number of nitrogens with two attached hydrogens (primary N) is 1. The van der Waals surface area contributed by atoms with E-state index in [1.807, 2.05) is 0 Å². The van der Waals surface area contributed by atoms with E-state index in [9.17, 15) is 4.79 Å². The van der Waals surface area contributed by atoms with Gasteiger partial charge in [-0.15, -0.1) is 0 Å². The monoisotopic (exact) mass is 214 g/mol. The molecular weight excluding hydrogens is 192 g/mol. The molecule has 1 amide bonds. The zero-order chi connectivity index (χ0) is 11.3. The molecule has 0 spiro atoms. The summed E-state index contributed by atoms with van der Waals surface area (Å²) in [6.07, 6.45) is 4.52. The van der Waals surface area contributed by atoms with Gasteiger partial charge in [0.15, 0.2) is 0 Å². The summed E-state index contributed by atoms with van der Waals surface area (Å²) in [5.74, 6) is 0.545. The lowest BCUT2D eigenvalue weighted by atomic mass is 9.99. The number of hydrogen-bond donors (Lipinski definition) is 2. The minimum Gasteiger partial charge on any atom is -0.370 e. The predicted molar refractivity (Wildman–Crippen MR) is 59.4 cm³/mol. The molecule has 0 aromatic rings. The van der Waals surface area contributed by atoms with Crippen molar-refractivity contribution < 1.29 is 9.53 Å². The number of amides is 1. The molecule has 1 aliphatic carbocycles. The molecule has 0 bridgehead atoms. The van der Waals surface area contributed by atoms with E-state index < -0.39 is 6.10 Å². The Morgan fingerprint density at radius 1 is 1.53 bits per heavy atom. The lowest BCUT2D eigenvalue weighted by molar-refractivity contribution is -0.131. The molecule has 1 aliphatic rings. The van der Waals surface area contributed by atoms with Crippen LogP contribution in [0.25, 0.3) is 0 Å². The maximum absolute atomic E-state index is 11.7. The Hall–Kier alpha value is -0.610. The Kier molecular flexibility index (Phi) is 5.05. The first-order valence-electron chi connectivity index (χ1n) is 5.72.